The predicted molar refractivity (Wildman–Crippen MR) is 76.6 cm³/mol. The standard InChI is InChI=1S/C14H19ClN2O2/c1-19-14(18)11-7-10(15)5-6-13(11)17-12-4-2-3-9(12)8-16/h5-7,9,12,17H,2-4,8,16H2,1H3. The van der Waals surface area contributed by atoms with Crippen LogP contribution in [0.1, 0.15) is 29.6 Å². The van der Waals surface area contributed by atoms with Gasteiger partial charge in [-0.25, -0.2) is 4.79 Å². The van der Waals surface area contributed by atoms with E-state index in [0.717, 1.165) is 18.5 Å². The molecule has 1 aromatic carbocycles. The Bertz CT molecular complexity index is 465. The van der Waals surface area contributed by atoms with Gasteiger partial charge in [-0.1, -0.05) is 18.0 Å². The number of hydrogen-bond acceptors (Lipinski definition) is 4. The minimum absolute atomic E-state index is 0.314. The number of carbonyl (C=O) groups is 1. The van der Waals surface area contributed by atoms with E-state index in [-0.39, 0.29) is 5.97 Å². The second-order valence-electron chi connectivity index (χ2n) is 4.86. The molecule has 1 fully saturated rings. The zero-order valence-electron chi connectivity index (χ0n) is 11.0. The molecule has 0 saturated heterocycles. The summed E-state index contributed by atoms with van der Waals surface area (Å²) in [7, 11) is 1.37. The SMILES string of the molecule is COC(=O)c1cc(Cl)ccc1NC1CCCC1CN. The molecule has 1 aliphatic rings. The molecular formula is C14H19ClN2O2. The van der Waals surface area contributed by atoms with Crippen molar-refractivity contribution in [2.75, 3.05) is 19.0 Å². The zero-order chi connectivity index (χ0) is 13.8. The molecule has 0 bridgehead atoms. The Labute approximate surface area is 118 Å². The quantitative estimate of drug-likeness (QED) is 0.834. The van der Waals surface area contributed by atoms with Crippen molar-refractivity contribution >= 4 is 23.3 Å². The Kier molecular flexibility index (Phi) is 4.66. The molecule has 2 atom stereocenters. The predicted octanol–water partition coefficient (Wildman–Crippen LogP) is 2.67. The van der Waals surface area contributed by atoms with Crippen LogP contribution in [0.2, 0.25) is 5.02 Å². The molecule has 19 heavy (non-hydrogen) atoms. The van der Waals surface area contributed by atoms with E-state index in [9.17, 15) is 4.79 Å². The van der Waals surface area contributed by atoms with Gasteiger partial charge in [0.15, 0.2) is 0 Å². The van der Waals surface area contributed by atoms with Crippen LogP contribution in [0.15, 0.2) is 18.2 Å². The van der Waals surface area contributed by atoms with Crippen LogP contribution in [0.4, 0.5) is 5.69 Å². The second-order valence-corrected chi connectivity index (χ2v) is 5.30. The van der Waals surface area contributed by atoms with Crippen molar-refractivity contribution in [3.63, 3.8) is 0 Å². The van der Waals surface area contributed by atoms with Crippen molar-refractivity contribution < 1.29 is 9.53 Å². The number of benzene rings is 1. The molecule has 1 saturated carbocycles. The highest BCUT2D eigenvalue weighted by Crippen LogP contribution is 2.30. The van der Waals surface area contributed by atoms with Gasteiger partial charge in [0.05, 0.1) is 12.7 Å². The molecule has 0 amide bonds. The number of esters is 1. The molecule has 0 aliphatic heterocycles. The summed E-state index contributed by atoms with van der Waals surface area (Å²) in [5.41, 5.74) is 7.01. The maximum absolute atomic E-state index is 11.8. The lowest BCUT2D eigenvalue weighted by atomic mass is 10.0. The van der Waals surface area contributed by atoms with Gasteiger partial charge >= 0.3 is 5.97 Å². The molecule has 4 nitrogen and oxygen atoms in total. The fourth-order valence-electron chi connectivity index (χ4n) is 2.63. The number of carbonyl (C=O) groups excluding carboxylic acids is 1. The molecule has 0 radical (unpaired) electrons. The average molecular weight is 283 g/mol. The Hall–Kier alpha value is -1.26. The third-order valence-corrected chi connectivity index (χ3v) is 3.92. The summed E-state index contributed by atoms with van der Waals surface area (Å²) in [6, 6.07) is 5.53. The van der Waals surface area contributed by atoms with E-state index in [4.69, 9.17) is 22.1 Å². The fourth-order valence-corrected chi connectivity index (χ4v) is 2.80. The average Bonchev–Trinajstić information content (AvgIpc) is 2.87. The lowest BCUT2D eigenvalue weighted by molar-refractivity contribution is 0.0602. The van der Waals surface area contributed by atoms with Crippen LogP contribution < -0.4 is 11.1 Å². The van der Waals surface area contributed by atoms with Gasteiger partial charge in [-0.3, -0.25) is 0 Å². The van der Waals surface area contributed by atoms with Crippen LogP contribution in [-0.2, 0) is 4.74 Å². The van der Waals surface area contributed by atoms with Gasteiger partial charge in [0, 0.05) is 16.8 Å². The van der Waals surface area contributed by atoms with Crippen molar-refractivity contribution in [1.82, 2.24) is 0 Å². The van der Waals surface area contributed by atoms with E-state index in [1.165, 1.54) is 13.5 Å². The number of rotatable bonds is 4. The summed E-state index contributed by atoms with van der Waals surface area (Å²) in [6.07, 6.45) is 3.38. The summed E-state index contributed by atoms with van der Waals surface area (Å²) in [5, 5.41) is 3.93. The third kappa shape index (κ3) is 3.19. The van der Waals surface area contributed by atoms with Crippen molar-refractivity contribution in [2.24, 2.45) is 11.7 Å². The van der Waals surface area contributed by atoms with Gasteiger partial charge in [0.25, 0.3) is 0 Å². The molecule has 104 valence electrons. The first-order valence-electron chi connectivity index (χ1n) is 6.50. The van der Waals surface area contributed by atoms with E-state index >= 15 is 0 Å². The number of anilines is 1. The molecule has 1 aromatic rings. The number of nitrogens with two attached hydrogens (primary N) is 1. The number of halogens is 1. The highest BCUT2D eigenvalue weighted by molar-refractivity contribution is 6.31. The van der Waals surface area contributed by atoms with Gasteiger partial charge in [-0.2, -0.15) is 0 Å². The van der Waals surface area contributed by atoms with Gasteiger partial charge in [0.2, 0.25) is 0 Å². The molecule has 0 heterocycles. The minimum atomic E-state index is -0.382. The smallest absolute Gasteiger partial charge is 0.340 e. The van der Waals surface area contributed by atoms with E-state index in [0.29, 0.717) is 29.1 Å². The molecular weight excluding hydrogens is 264 g/mol. The second kappa shape index (κ2) is 6.26. The summed E-state index contributed by atoms with van der Waals surface area (Å²) >= 11 is 5.93. The monoisotopic (exact) mass is 282 g/mol. The summed E-state index contributed by atoms with van der Waals surface area (Å²) in [6.45, 7) is 0.665. The van der Waals surface area contributed by atoms with Crippen molar-refractivity contribution in [3.05, 3.63) is 28.8 Å². The lowest BCUT2D eigenvalue weighted by Crippen LogP contribution is -2.30. The van der Waals surface area contributed by atoms with Crippen molar-refractivity contribution in [1.29, 1.82) is 0 Å². The molecule has 0 aromatic heterocycles. The van der Waals surface area contributed by atoms with Gasteiger partial charge in [0.1, 0.15) is 0 Å². The highest BCUT2D eigenvalue weighted by Gasteiger charge is 2.27. The van der Waals surface area contributed by atoms with Gasteiger partial charge < -0.3 is 15.8 Å². The van der Waals surface area contributed by atoms with Crippen LogP contribution in [0, 0.1) is 5.92 Å². The molecule has 1 aliphatic carbocycles. The summed E-state index contributed by atoms with van der Waals surface area (Å²) < 4.78 is 4.79. The van der Waals surface area contributed by atoms with E-state index in [2.05, 4.69) is 5.32 Å². The maximum Gasteiger partial charge on any atom is 0.340 e. The van der Waals surface area contributed by atoms with Crippen LogP contribution >= 0.6 is 11.6 Å². The van der Waals surface area contributed by atoms with E-state index in [1.807, 2.05) is 6.07 Å². The first-order valence-corrected chi connectivity index (χ1v) is 6.88. The normalized spacial score (nSPS) is 22.3. The summed E-state index contributed by atoms with van der Waals surface area (Å²) in [4.78, 5) is 11.8. The maximum atomic E-state index is 11.8. The number of ether oxygens (including phenoxy) is 1. The van der Waals surface area contributed by atoms with Crippen LogP contribution in [0.5, 0.6) is 0 Å². The van der Waals surface area contributed by atoms with E-state index < -0.39 is 0 Å². The Morgan fingerprint density at radius 1 is 1.53 bits per heavy atom. The van der Waals surface area contributed by atoms with Crippen molar-refractivity contribution in [2.45, 2.75) is 25.3 Å². The minimum Gasteiger partial charge on any atom is -0.465 e. The summed E-state index contributed by atoms with van der Waals surface area (Å²) in [5.74, 6) is 0.0773. The number of methoxy groups -OCH3 is 1. The lowest BCUT2D eigenvalue weighted by Gasteiger charge is -2.22. The largest absolute Gasteiger partial charge is 0.465 e. The third-order valence-electron chi connectivity index (χ3n) is 3.69. The first-order chi connectivity index (χ1) is 9.15. The number of hydrogen-bond donors (Lipinski definition) is 2. The van der Waals surface area contributed by atoms with Crippen molar-refractivity contribution in [3.8, 4) is 0 Å². The van der Waals surface area contributed by atoms with Gasteiger partial charge in [-0.15, -0.1) is 0 Å². The number of nitrogens with one attached hydrogen (secondary N) is 1. The molecule has 2 unspecified atom stereocenters. The first kappa shape index (κ1) is 14.2. The van der Waals surface area contributed by atoms with Crippen LogP contribution in [0.25, 0.3) is 0 Å². The topological polar surface area (TPSA) is 64.3 Å². The highest BCUT2D eigenvalue weighted by atomic mass is 35.5. The molecule has 2 rings (SSSR count). The van der Waals surface area contributed by atoms with Crippen LogP contribution in [-0.4, -0.2) is 25.7 Å². The Morgan fingerprint density at radius 3 is 3.00 bits per heavy atom. The zero-order valence-corrected chi connectivity index (χ0v) is 11.7. The molecule has 3 N–H and O–H groups in total. The van der Waals surface area contributed by atoms with E-state index in [1.54, 1.807) is 12.1 Å². The van der Waals surface area contributed by atoms with Crippen LogP contribution in [0.3, 0.4) is 0 Å². The molecule has 0 spiro atoms. The van der Waals surface area contributed by atoms with Gasteiger partial charge in [-0.05, 0) is 43.5 Å². The fraction of sp³-hybridized carbons (Fsp3) is 0.500. The molecule has 5 heteroatoms. The Morgan fingerprint density at radius 2 is 2.32 bits per heavy atom. The Balaban J connectivity index is 2.22.